The van der Waals surface area contributed by atoms with Gasteiger partial charge in [0, 0.05) is 50.0 Å². The molecule has 0 spiro atoms. The van der Waals surface area contributed by atoms with Crippen molar-refractivity contribution in [2.45, 2.75) is 209 Å². The topological polar surface area (TPSA) is 13.1 Å². The average molecular weight is 1190 g/mol. The van der Waals surface area contributed by atoms with Crippen LogP contribution in [0, 0.1) is 0 Å². The van der Waals surface area contributed by atoms with E-state index in [1.165, 1.54) is 172 Å². The summed E-state index contributed by atoms with van der Waals surface area (Å²) in [5.74, 6) is 0. The summed E-state index contributed by atoms with van der Waals surface area (Å²) in [5.41, 5.74) is 35.5. The van der Waals surface area contributed by atoms with Crippen LogP contribution in [0.1, 0.15) is 211 Å². The molecule has 2 aromatic heterocycles. The summed E-state index contributed by atoms with van der Waals surface area (Å²) >= 11 is 0. The molecule has 15 rings (SSSR count). The molecule has 6 heterocycles. The Morgan fingerprint density at radius 2 is 0.484 bits per heavy atom. The lowest BCUT2D eigenvalue weighted by atomic mass is 9.31. The molecule has 0 unspecified atom stereocenters. The molecule has 0 bridgehead atoms. The summed E-state index contributed by atoms with van der Waals surface area (Å²) < 4.78 is 5.48. The molecule has 0 fully saturated rings. The SMILES string of the molecule is CC(C)(C)c1ccc2c(c1)-c1cc(C(C)(C)C)cc3c1B2c1c(-n2c4ccc(C(C)(C)C)cc4c4cc(C(C)(C)C)ccc42)cc(-n2c4ccc(C(C)(C)C)cc4c4cc(C(C)(C)C)ccc42)c2c1N3c1cc(C(C)(C)C)cc3c1B2c1ccc(C(C)(C)C)cc1-3. The maximum atomic E-state index is 2.87. The second-order valence-corrected chi connectivity index (χ2v) is 36.4. The van der Waals surface area contributed by atoms with Crippen LogP contribution in [0.15, 0.2) is 140 Å². The van der Waals surface area contributed by atoms with E-state index in [-0.39, 0.29) is 56.7 Å². The Kier molecular flexibility index (Phi) is 12.2. The van der Waals surface area contributed by atoms with Gasteiger partial charge in [0.05, 0.1) is 22.1 Å². The van der Waals surface area contributed by atoms with Crippen LogP contribution in [-0.4, -0.2) is 22.6 Å². The molecule has 0 radical (unpaired) electrons. The number of hydrogen-bond acceptors (Lipinski definition) is 1. The maximum Gasteiger partial charge on any atom is 0.250 e. The van der Waals surface area contributed by atoms with Gasteiger partial charge in [-0.05, 0) is 199 Å². The first-order chi connectivity index (χ1) is 42.2. The second kappa shape index (κ2) is 18.6. The van der Waals surface area contributed by atoms with Gasteiger partial charge in [-0.1, -0.05) is 250 Å². The third kappa shape index (κ3) is 8.80. The summed E-state index contributed by atoms with van der Waals surface area (Å²) in [6, 6.07) is 58.2. The number of aromatic nitrogens is 2. The van der Waals surface area contributed by atoms with Crippen molar-refractivity contribution in [3.8, 4) is 33.6 Å². The molecular weight excluding hydrogens is 1100 g/mol. The molecule has 91 heavy (non-hydrogen) atoms. The van der Waals surface area contributed by atoms with E-state index < -0.39 is 0 Å². The van der Waals surface area contributed by atoms with Gasteiger partial charge in [0.25, 0.3) is 13.4 Å². The van der Waals surface area contributed by atoms with Gasteiger partial charge < -0.3 is 14.0 Å². The standard InChI is InChI=1S/C86H95B2N3/c1-79(2,3)48-25-31-64-56(37-48)62-43-54(85(19,20)21)45-70-74(62)87(64)76-72(89-66-33-27-50(81(7,8)9)39-58(66)59-40-51(82(10,11)12)28-34-67(59)89)47-73(90-68-35-29-52(83(13,14)15)41-60(68)61-42-53(84(16,17)18)30-36-69(61)90)77-78(76)91(70)71-46-55(86(22,23)24)44-63-57-38-49(80(4,5)6)26-32-65(57)88(77)75(63)71/h25-47H,1-24H3. The highest BCUT2D eigenvalue weighted by Gasteiger charge is 2.53. The lowest BCUT2D eigenvalue weighted by Crippen LogP contribution is -2.64. The molecule has 9 aromatic carbocycles. The molecule has 0 saturated heterocycles. The normalized spacial score (nSPS) is 14.7. The van der Waals surface area contributed by atoms with Crippen LogP contribution in [0.4, 0.5) is 17.1 Å². The third-order valence-electron chi connectivity index (χ3n) is 21.8. The Morgan fingerprint density at radius 1 is 0.231 bits per heavy atom. The number of nitrogens with zero attached hydrogens (tertiary/aromatic N) is 3. The minimum Gasteiger partial charge on any atom is -0.312 e. The first kappa shape index (κ1) is 59.8. The largest absolute Gasteiger partial charge is 0.312 e. The Labute approximate surface area is 544 Å². The lowest BCUT2D eigenvalue weighted by molar-refractivity contribution is 0.589. The van der Waals surface area contributed by atoms with Gasteiger partial charge in [-0.15, -0.1) is 0 Å². The molecular formula is C86H95B2N3. The summed E-state index contributed by atoms with van der Waals surface area (Å²) in [6.45, 7) is 57.0. The Morgan fingerprint density at radius 3 is 0.758 bits per heavy atom. The van der Waals surface area contributed by atoms with E-state index in [1.807, 2.05) is 0 Å². The van der Waals surface area contributed by atoms with Crippen molar-refractivity contribution in [3.63, 3.8) is 0 Å². The minimum atomic E-state index is -0.143. The molecule has 460 valence electrons. The second-order valence-electron chi connectivity index (χ2n) is 36.4. The fourth-order valence-corrected chi connectivity index (χ4v) is 16.1. The highest BCUT2D eigenvalue weighted by Crippen LogP contribution is 2.51. The summed E-state index contributed by atoms with van der Waals surface area (Å²) in [5, 5.41) is 5.21. The Hall–Kier alpha value is -7.49. The van der Waals surface area contributed by atoms with Gasteiger partial charge in [-0.3, -0.25) is 0 Å². The summed E-state index contributed by atoms with van der Waals surface area (Å²) in [7, 11) is 0. The number of benzene rings is 9. The zero-order valence-electron chi connectivity index (χ0n) is 59.3. The minimum absolute atomic E-state index is 0.0500. The maximum absolute atomic E-state index is 2.87. The van der Waals surface area contributed by atoms with Crippen LogP contribution >= 0.6 is 0 Å². The molecule has 4 aliphatic heterocycles. The van der Waals surface area contributed by atoms with Crippen LogP contribution in [0.3, 0.4) is 0 Å². The molecule has 0 atom stereocenters. The lowest BCUT2D eigenvalue weighted by Gasteiger charge is -2.45. The van der Waals surface area contributed by atoms with Gasteiger partial charge in [-0.2, -0.15) is 0 Å². The molecule has 5 heteroatoms. The highest BCUT2D eigenvalue weighted by molar-refractivity contribution is 7.06. The van der Waals surface area contributed by atoms with Crippen LogP contribution < -0.4 is 37.7 Å². The van der Waals surface area contributed by atoms with E-state index in [4.69, 9.17) is 0 Å². The highest BCUT2D eigenvalue weighted by atomic mass is 15.2. The van der Waals surface area contributed by atoms with Crippen molar-refractivity contribution in [2.75, 3.05) is 4.90 Å². The first-order valence-corrected chi connectivity index (χ1v) is 34.1. The van der Waals surface area contributed by atoms with Gasteiger partial charge in [0.1, 0.15) is 0 Å². The first-order valence-electron chi connectivity index (χ1n) is 34.1. The monoisotopic (exact) mass is 1190 g/mol. The fraction of sp³-hybridized carbons (Fsp3) is 0.372. The summed E-state index contributed by atoms with van der Waals surface area (Å²) in [4.78, 5) is 2.87. The van der Waals surface area contributed by atoms with Gasteiger partial charge >= 0.3 is 0 Å². The van der Waals surface area contributed by atoms with Crippen molar-refractivity contribution in [1.82, 2.24) is 9.13 Å². The molecule has 0 N–H and O–H groups in total. The number of hydrogen-bond donors (Lipinski definition) is 0. The zero-order valence-corrected chi connectivity index (χ0v) is 59.3. The Balaban J connectivity index is 1.22. The van der Waals surface area contributed by atoms with Gasteiger partial charge in [0.2, 0.25) is 0 Å². The van der Waals surface area contributed by atoms with E-state index in [2.05, 4.69) is 320 Å². The zero-order chi connectivity index (χ0) is 65.0. The van der Waals surface area contributed by atoms with Gasteiger partial charge in [0.15, 0.2) is 0 Å². The van der Waals surface area contributed by atoms with Crippen LogP contribution in [0.25, 0.3) is 77.2 Å². The molecule has 0 aliphatic carbocycles. The number of rotatable bonds is 2. The van der Waals surface area contributed by atoms with E-state index in [1.54, 1.807) is 0 Å². The third-order valence-corrected chi connectivity index (χ3v) is 21.8. The van der Waals surface area contributed by atoms with Crippen LogP contribution in [0.5, 0.6) is 0 Å². The van der Waals surface area contributed by atoms with Crippen molar-refractivity contribution < 1.29 is 0 Å². The predicted molar refractivity (Wildman–Crippen MR) is 400 cm³/mol. The molecule has 11 aromatic rings. The molecule has 0 amide bonds. The van der Waals surface area contributed by atoms with E-state index in [0.717, 1.165) is 0 Å². The van der Waals surface area contributed by atoms with E-state index >= 15 is 0 Å². The summed E-state index contributed by atoms with van der Waals surface area (Å²) in [6.07, 6.45) is 0. The van der Waals surface area contributed by atoms with Crippen LogP contribution in [-0.2, 0) is 43.3 Å². The van der Waals surface area contributed by atoms with Gasteiger partial charge in [-0.25, -0.2) is 0 Å². The van der Waals surface area contributed by atoms with E-state index in [0.29, 0.717) is 0 Å². The van der Waals surface area contributed by atoms with Crippen molar-refractivity contribution >= 4 is 107 Å². The molecule has 0 saturated carbocycles. The fourth-order valence-electron chi connectivity index (χ4n) is 16.1. The van der Waals surface area contributed by atoms with Crippen molar-refractivity contribution in [3.05, 3.63) is 184 Å². The smallest absolute Gasteiger partial charge is 0.250 e. The predicted octanol–water partition coefficient (Wildman–Crippen LogP) is 19.4. The molecule has 3 nitrogen and oxygen atoms in total. The number of fused-ring (bicyclic) bond motifs is 16. The van der Waals surface area contributed by atoms with E-state index in [9.17, 15) is 0 Å². The number of anilines is 3. The van der Waals surface area contributed by atoms with Crippen LogP contribution in [0.2, 0.25) is 0 Å². The Bertz CT molecular complexity index is 4560. The molecule has 4 aliphatic rings. The quantitative estimate of drug-likeness (QED) is 0.157. The average Bonchev–Trinajstić information content (AvgIpc) is 1.54. The van der Waals surface area contributed by atoms with Crippen molar-refractivity contribution in [2.24, 2.45) is 0 Å². The van der Waals surface area contributed by atoms with Crippen molar-refractivity contribution in [1.29, 1.82) is 0 Å².